The highest BCUT2D eigenvalue weighted by Crippen LogP contribution is 2.29. The summed E-state index contributed by atoms with van der Waals surface area (Å²) in [5.74, 6) is 1.28. The number of piperidine rings is 1. The summed E-state index contributed by atoms with van der Waals surface area (Å²) in [5.41, 5.74) is 3.78. The summed E-state index contributed by atoms with van der Waals surface area (Å²) in [5, 5.41) is 0. The molecule has 29 heavy (non-hydrogen) atoms. The number of carbonyl (C=O) groups excluding carboxylic acids is 1. The van der Waals surface area contributed by atoms with Crippen LogP contribution in [0.4, 0.5) is 0 Å². The molecular formula is C23H24N4O2. The number of amides is 1. The molecule has 0 unspecified atom stereocenters. The molecule has 6 nitrogen and oxygen atoms in total. The van der Waals surface area contributed by atoms with Gasteiger partial charge < -0.3 is 9.64 Å². The molecule has 2 aromatic heterocycles. The number of hydrogen-bond acceptors (Lipinski definition) is 5. The second-order valence-corrected chi connectivity index (χ2v) is 7.25. The van der Waals surface area contributed by atoms with Crippen LogP contribution in [-0.4, -0.2) is 46.0 Å². The van der Waals surface area contributed by atoms with Crippen molar-refractivity contribution >= 4 is 5.91 Å². The lowest BCUT2D eigenvalue weighted by molar-refractivity contribution is -0.131. The van der Waals surface area contributed by atoms with Crippen LogP contribution >= 0.6 is 0 Å². The molecule has 4 rings (SSSR count). The molecule has 1 aliphatic heterocycles. The standard InChI is InChI=1S/C23H24N4O2/c1-29-20-6-2-5-19(13-20)22-16-25-15-21(26-22)18-7-10-27(11-8-18)23(28)12-17-4-3-9-24-14-17/h2-6,9,13-16,18H,7-8,10-12H2,1H3. The van der Waals surface area contributed by atoms with E-state index in [-0.39, 0.29) is 5.91 Å². The number of benzene rings is 1. The molecule has 0 aliphatic carbocycles. The maximum atomic E-state index is 12.6. The molecule has 1 amide bonds. The van der Waals surface area contributed by atoms with E-state index in [2.05, 4.69) is 9.97 Å². The summed E-state index contributed by atoms with van der Waals surface area (Å²) in [7, 11) is 1.66. The molecule has 1 aliphatic rings. The second-order valence-electron chi connectivity index (χ2n) is 7.25. The van der Waals surface area contributed by atoms with Gasteiger partial charge in [-0.2, -0.15) is 0 Å². The number of nitrogens with zero attached hydrogens (tertiary/aromatic N) is 4. The SMILES string of the molecule is COc1cccc(-c2cncc(C3CCN(C(=O)Cc4cccnc4)CC3)n2)c1. The van der Waals surface area contributed by atoms with Gasteiger partial charge in [0.25, 0.3) is 0 Å². The number of likely N-dealkylation sites (tertiary alicyclic amines) is 1. The third-order valence-corrected chi connectivity index (χ3v) is 5.36. The molecule has 0 N–H and O–H groups in total. The Hall–Kier alpha value is -3.28. The van der Waals surface area contributed by atoms with Crippen LogP contribution < -0.4 is 4.74 Å². The third-order valence-electron chi connectivity index (χ3n) is 5.36. The fraction of sp³-hybridized carbons (Fsp3) is 0.304. The van der Waals surface area contributed by atoms with E-state index in [1.807, 2.05) is 47.5 Å². The van der Waals surface area contributed by atoms with Gasteiger partial charge in [0, 0.05) is 43.2 Å². The van der Waals surface area contributed by atoms with E-state index in [0.29, 0.717) is 12.3 Å². The van der Waals surface area contributed by atoms with Crippen molar-refractivity contribution in [2.24, 2.45) is 0 Å². The van der Waals surface area contributed by atoms with E-state index >= 15 is 0 Å². The fourth-order valence-electron chi connectivity index (χ4n) is 3.71. The Morgan fingerprint density at radius 2 is 1.97 bits per heavy atom. The lowest BCUT2D eigenvalue weighted by Crippen LogP contribution is -2.39. The average Bonchev–Trinajstić information content (AvgIpc) is 2.80. The first-order chi connectivity index (χ1) is 14.2. The van der Waals surface area contributed by atoms with Gasteiger partial charge in [0.2, 0.25) is 5.91 Å². The molecule has 6 heteroatoms. The summed E-state index contributed by atoms with van der Waals surface area (Å²) < 4.78 is 5.31. The Bertz CT molecular complexity index is 969. The number of aromatic nitrogens is 3. The predicted molar refractivity (Wildman–Crippen MR) is 111 cm³/mol. The van der Waals surface area contributed by atoms with Gasteiger partial charge in [-0.15, -0.1) is 0 Å². The van der Waals surface area contributed by atoms with Crippen LogP contribution in [0, 0.1) is 0 Å². The van der Waals surface area contributed by atoms with E-state index in [1.165, 1.54) is 0 Å². The van der Waals surface area contributed by atoms with E-state index in [1.54, 1.807) is 25.7 Å². The van der Waals surface area contributed by atoms with Gasteiger partial charge in [0.05, 0.1) is 31.1 Å². The highest BCUT2D eigenvalue weighted by Gasteiger charge is 2.25. The molecule has 0 saturated carbocycles. The molecule has 1 fully saturated rings. The van der Waals surface area contributed by atoms with Gasteiger partial charge in [-0.1, -0.05) is 18.2 Å². The fourth-order valence-corrected chi connectivity index (χ4v) is 3.71. The lowest BCUT2D eigenvalue weighted by Gasteiger charge is -2.31. The average molecular weight is 388 g/mol. The van der Waals surface area contributed by atoms with Crippen molar-refractivity contribution in [2.75, 3.05) is 20.2 Å². The van der Waals surface area contributed by atoms with Crippen molar-refractivity contribution in [2.45, 2.75) is 25.2 Å². The predicted octanol–water partition coefficient (Wildman–Crippen LogP) is 3.50. The highest BCUT2D eigenvalue weighted by atomic mass is 16.5. The van der Waals surface area contributed by atoms with Crippen LogP contribution in [0.2, 0.25) is 0 Å². The van der Waals surface area contributed by atoms with Crippen molar-refractivity contribution in [3.63, 3.8) is 0 Å². The first kappa shape index (κ1) is 19.1. The minimum absolute atomic E-state index is 0.160. The molecule has 0 radical (unpaired) electrons. The van der Waals surface area contributed by atoms with Gasteiger partial charge in [-0.05, 0) is 36.6 Å². The van der Waals surface area contributed by atoms with E-state index in [9.17, 15) is 4.79 Å². The summed E-state index contributed by atoms with van der Waals surface area (Å²) in [4.78, 5) is 27.9. The van der Waals surface area contributed by atoms with Crippen molar-refractivity contribution in [1.29, 1.82) is 0 Å². The molecule has 0 atom stereocenters. The first-order valence-corrected chi connectivity index (χ1v) is 9.86. The normalized spacial score (nSPS) is 14.6. The molecular weight excluding hydrogens is 364 g/mol. The van der Waals surface area contributed by atoms with Crippen LogP contribution in [0.25, 0.3) is 11.3 Å². The third kappa shape index (κ3) is 4.59. The summed E-state index contributed by atoms with van der Waals surface area (Å²) in [6.45, 7) is 1.49. The number of pyridine rings is 1. The van der Waals surface area contributed by atoms with Gasteiger partial charge in [-0.3, -0.25) is 14.8 Å². The molecule has 3 heterocycles. The zero-order valence-corrected chi connectivity index (χ0v) is 16.5. The van der Waals surface area contributed by atoms with Crippen molar-refractivity contribution in [1.82, 2.24) is 19.9 Å². The number of hydrogen-bond donors (Lipinski definition) is 0. The Labute approximate surface area is 170 Å². The maximum absolute atomic E-state index is 12.6. The minimum Gasteiger partial charge on any atom is -0.497 e. The molecule has 0 spiro atoms. The van der Waals surface area contributed by atoms with Gasteiger partial charge in [-0.25, -0.2) is 4.98 Å². The van der Waals surface area contributed by atoms with Gasteiger partial charge >= 0.3 is 0 Å². The molecule has 0 bridgehead atoms. The minimum atomic E-state index is 0.160. The van der Waals surface area contributed by atoms with Crippen LogP contribution in [-0.2, 0) is 11.2 Å². The monoisotopic (exact) mass is 388 g/mol. The second kappa shape index (κ2) is 8.82. The number of rotatable bonds is 5. The van der Waals surface area contributed by atoms with Crippen LogP contribution in [0.1, 0.15) is 30.0 Å². The summed E-state index contributed by atoms with van der Waals surface area (Å²) in [6, 6.07) is 11.7. The highest BCUT2D eigenvalue weighted by molar-refractivity contribution is 5.78. The van der Waals surface area contributed by atoms with Crippen molar-refractivity contribution in [3.05, 3.63) is 72.4 Å². The van der Waals surface area contributed by atoms with Gasteiger partial charge in [0.1, 0.15) is 5.75 Å². The Balaban J connectivity index is 1.40. The van der Waals surface area contributed by atoms with Crippen molar-refractivity contribution in [3.8, 4) is 17.0 Å². The smallest absolute Gasteiger partial charge is 0.227 e. The molecule has 1 aromatic carbocycles. The molecule has 1 saturated heterocycles. The quantitative estimate of drug-likeness (QED) is 0.669. The van der Waals surface area contributed by atoms with Crippen LogP contribution in [0.15, 0.2) is 61.2 Å². The Morgan fingerprint density at radius 1 is 1.10 bits per heavy atom. The number of ether oxygens (including phenoxy) is 1. The number of carbonyl (C=O) groups is 1. The van der Waals surface area contributed by atoms with Crippen LogP contribution in [0.3, 0.4) is 0 Å². The van der Waals surface area contributed by atoms with E-state index < -0.39 is 0 Å². The Kier molecular flexibility index (Phi) is 5.79. The van der Waals surface area contributed by atoms with E-state index in [4.69, 9.17) is 9.72 Å². The Morgan fingerprint density at radius 3 is 2.72 bits per heavy atom. The topological polar surface area (TPSA) is 68.2 Å². The zero-order valence-electron chi connectivity index (χ0n) is 16.5. The largest absolute Gasteiger partial charge is 0.497 e. The number of methoxy groups -OCH3 is 1. The van der Waals surface area contributed by atoms with Gasteiger partial charge in [0.15, 0.2) is 0 Å². The molecule has 3 aromatic rings. The first-order valence-electron chi connectivity index (χ1n) is 9.86. The zero-order chi connectivity index (χ0) is 20.1. The summed E-state index contributed by atoms with van der Waals surface area (Å²) >= 11 is 0. The molecule has 148 valence electrons. The summed E-state index contributed by atoms with van der Waals surface area (Å²) in [6.07, 6.45) is 9.31. The lowest BCUT2D eigenvalue weighted by atomic mass is 9.93. The van der Waals surface area contributed by atoms with Crippen molar-refractivity contribution < 1.29 is 9.53 Å². The maximum Gasteiger partial charge on any atom is 0.227 e. The van der Waals surface area contributed by atoms with E-state index in [0.717, 1.165) is 54.2 Å². The van der Waals surface area contributed by atoms with Crippen LogP contribution in [0.5, 0.6) is 5.75 Å².